The summed E-state index contributed by atoms with van der Waals surface area (Å²) in [5, 5.41) is 2.34. The Morgan fingerprint density at radius 2 is 1.95 bits per heavy atom. The van der Waals surface area contributed by atoms with Gasteiger partial charge in [-0.25, -0.2) is 8.42 Å². The van der Waals surface area contributed by atoms with Crippen molar-refractivity contribution in [3.05, 3.63) is 45.1 Å². The van der Waals surface area contributed by atoms with Crippen molar-refractivity contribution in [1.82, 2.24) is 0 Å². The summed E-state index contributed by atoms with van der Waals surface area (Å²) in [5.41, 5.74) is 6.75. The molecule has 0 aliphatic carbocycles. The van der Waals surface area contributed by atoms with Crippen LogP contribution in [0.25, 0.3) is 0 Å². The van der Waals surface area contributed by atoms with E-state index in [1.54, 1.807) is 36.6 Å². The molecule has 0 amide bonds. The molecule has 1 heterocycles. The molecule has 1 aromatic heterocycles. The molecule has 0 fully saturated rings. The van der Waals surface area contributed by atoms with Gasteiger partial charge in [0.15, 0.2) is 0 Å². The number of nitrogens with one attached hydrogen (secondary N) is 1. The van der Waals surface area contributed by atoms with Crippen molar-refractivity contribution in [2.45, 2.75) is 18.4 Å². The Balaban J connectivity index is 2.37. The van der Waals surface area contributed by atoms with Gasteiger partial charge in [-0.2, -0.15) is 0 Å². The first-order chi connectivity index (χ1) is 8.94. The Morgan fingerprint density at radius 3 is 2.53 bits per heavy atom. The van der Waals surface area contributed by atoms with Crippen LogP contribution in [0.2, 0.25) is 5.02 Å². The van der Waals surface area contributed by atoms with Crippen LogP contribution < -0.4 is 10.5 Å². The van der Waals surface area contributed by atoms with Crippen molar-refractivity contribution in [3.63, 3.8) is 0 Å². The number of anilines is 1. The molecule has 0 atom stereocenters. The van der Waals surface area contributed by atoms with Gasteiger partial charge < -0.3 is 5.73 Å². The quantitative estimate of drug-likeness (QED) is 0.911. The number of sulfonamides is 1. The Kier molecular flexibility index (Phi) is 4.15. The zero-order chi connectivity index (χ0) is 14.0. The largest absolute Gasteiger partial charge is 0.326 e. The minimum atomic E-state index is -3.62. The first-order valence-electron chi connectivity index (χ1n) is 5.49. The zero-order valence-electron chi connectivity index (χ0n) is 10.2. The van der Waals surface area contributed by atoms with Gasteiger partial charge in [0.25, 0.3) is 10.0 Å². The van der Waals surface area contributed by atoms with Gasteiger partial charge in [0.2, 0.25) is 0 Å². The molecule has 0 radical (unpaired) electrons. The fourth-order valence-electron chi connectivity index (χ4n) is 1.71. The third-order valence-electron chi connectivity index (χ3n) is 2.54. The van der Waals surface area contributed by atoms with Crippen LogP contribution in [0.3, 0.4) is 0 Å². The van der Waals surface area contributed by atoms with Crippen LogP contribution in [0.15, 0.2) is 34.5 Å². The van der Waals surface area contributed by atoms with Crippen molar-refractivity contribution in [1.29, 1.82) is 0 Å². The van der Waals surface area contributed by atoms with Gasteiger partial charge >= 0.3 is 0 Å². The summed E-state index contributed by atoms with van der Waals surface area (Å²) in [7, 11) is -3.62. The molecule has 0 saturated heterocycles. The van der Waals surface area contributed by atoms with E-state index >= 15 is 0 Å². The van der Waals surface area contributed by atoms with Gasteiger partial charge in [-0.05, 0) is 42.1 Å². The highest BCUT2D eigenvalue weighted by Crippen LogP contribution is 2.28. The maximum atomic E-state index is 12.4. The van der Waals surface area contributed by atoms with E-state index in [2.05, 4.69) is 4.72 Å². The average Bonchev–Trinajstić information content (AvgIpc) is 2.74. The summed E-state index contributed by atoms with van der Waals surface area (Å²) in [6.07, 6.45) is 0. The molecule has 0 bridgehead atoms. The van der Waals surface area contributed by atoms with Gasteiger partial charge in [0, 0.05) is 22.1 Å². The monoisotopic (exact) mass is 316 g/mol. The summed E-state index contributed by atoms with van der Waals surface area (Å²) < 4.78 is 27.2. The molecule has 102 valence electrons. The Hall–Kier alpha value is -1.08. The van der Waals surface area contributed by atoms with E-state index in [1.807, 2.05) is 0 Å². The van der Waals surface area contributed by atoms with E-state index in [-0.39, 0.29) is 11.4 Å². The van der Waals surface area contributed by atoms with Crippen LogP contribution in [0, 0.1) is 6.92 Å². The van der Waals surface area contributed by atoms with E-state index in [0.717, 1.165) is 0 Å². The lowest BCUT2D eigenvalue weighted by Gasteiger charge is -2.09. The van der Waals surface area contributed by atoms with Gasteiger partial charge in [-0.1, -0.05) is 11.6 Å². The van der Waals surface area contributed by atoms with Crippen LogP contribution in [-0.4, -0.2) is 8.42 Å². The third kappa shape index (κ3) is 3.09. The minimum Gasteiger partial charge on any atom is -0.326 e. The fraction of sp³-hybridized carbons (Fsp3) is 0.167. The number of nitrogens with two attached hydrogens (primary N) is 1. The second-order valence-electron chi connectivity index (χ2n) is 3.99. The van der Waals surface area contributed by atoms with Crippen molar-refractivity contribution in [2.24, 2.45) is 5.73 Å². The van der Waals surface area contributed by atoms with Gasteiger partial charge in [0.05, 0.1) is 0 Å². The lowest BCUT2D eigenvalue weighted by molar-refractivity contribution is 0.600. The molecule has 19 heavy (non-hydrogen) atoms. The summed E-state index contributed by atoms with van der Waals surface area (Å²) in [6, 6.07) is 6.49. The Labute approximate surface area is 121 Å². The topological polar surface area (TPSA) is 72.2 Å². The highest BCUT2D eigenvalue weighted by Gasteiger charge is 2.22. The smallest absolute Gasteiger partial charge is 0.263 e. The van der Waals surface area contributed by atoms with E-state index in [4.69, 9.17) is 17.3 Å². The van der Waals surface area contributed by atoms with Crippen molar-refractivity contribution in [3.8, 4) is 0 Å². The lowest BCUT2D eigenvalue weighted by Crippen LogP contribution is -2.15. The molecule has 0 aliphatic rings. The van der Waals surface area contributed by atoms with Crippen molar-refractivity contribution < 1.29 is 8.42 Å². The normalized spacial score (nSPS) is 11.5. The van der Waals surface area contributed by atoms with Crippen LogP contribution in [0.4, 0.5) is 5.69 Å². The van der Waals surface area contributed by atoms with Crippen LogP contribution >= 0.6 is 22.9 Å². The zero-order valence-corrected chi connectivity index (χ0v) is 12.6. The number of rotatable bonds is 4. The predicted octanol–water partition coefficient (Wildman–Crippen LogP) is 2.97. The molecule has 2 rings (SSSR count). The van der Waals surface area contributed by atoms with E-state index < -0.39 is 10.0 Å². The van der Waals surface area contributed by atoms with Gasteiger partial charge in [-0.3, -0.25) is 4.72 Å². The van der Waals surface area contributed by atoms with Gasteiger partial charge in [-0.15, -0.1) is 11.3 Å². The van der Waals surface area contributed by atoms with Crippen molar-refractivity contribution in [2.75, 3.05) is 4.72 Å². The molecule has 4 nitrogen and oxygen atoms in total. The summed E-state index contributed by atoms with van der Waals surface area (Å²) in [5.74, 6) is 0. The van der Waals surface area contributed by atoms with E-state index in [1.165, 1.54) is 11.3 Å². The number of benzene rings is 1. The molecule has 1 aromatic carbocycles. The molecule has 2 aromatic rings. The van der Waals surface area contributed by atoms with Crippen LogP contribution in [0.5, 0.6) is 0 Å². The van der Waals surface area contributed by atoms with E-state index in [0.29, 0.717) is 21.2 Å². The maximum Gasteiger partial charge on any atom is 0.263 e. The third-order valence-corrected chi connectivity index (χ3v) is 5.66. The lowest BCUT2D eigenvalue weighted by atomic mass is 10.3. The Bertz CT molecular complexity index is 678. The second-order valence-corrected chi connectivity index (χ2v) is 7.01. The fourth-order valence-corrected chi connectivity index (χ4v) is 4.60. The van der Waals surface area contributed by atoms with Crippen LogP contribution in [-0.2, 0) is 16.6 Å². The molecule has 3 N–H and O–H groups in total. The molecule has 0 saturated carbocycles. The molecule has 0 unspecified atom stereocenters. The molecular weight excluding hydrogens is 304 g/mol. The molecule has 7 heteroatoms. The van der Waals surface area contributed by atoms with Crippen molar-refractivity contribution >= 4 is 38.6 Å². The molecular formula is C12H13ClN2O2S2. The summed E-state index contributed by atoms with van der Waals surface area (Å²) >= 11 is 7.11. The number of aryl methyl sites for hydroxylation is 1. The minimum absolute atomic E-state index is 0.204. The standard InChI is InChI=1S/C12H13ClN2O2S2/c1-8-7-18-11(6-14)12(8)19(16,17)15-10-4-2-9(13)3-5-10/h2-5,7,15H,6,14H2,1H3. The summed E-state index contributed by atoms with van der Waals surface area (Å²) in [6.45, 7) is 1.96. The average molecular weight is 317 g/mol. The molecule has 0 aliphatic heterocycles. The second kappa shape index (κ2) is 5.50. The first-order valence-corrected chi connectivity index (χ1v) is 8.23. The van der Waals surface area contributed by atoms with Gasteiger partial charge in [0.1, 0.15) is 4.90 Å². The summed E-state index contributed by atoms with van der Waals surface area (Å²) in [4.78, 5) is 0.925. The maximum absolute atomic E-state index is 12.4. The number of hydrogen-bond donors (Lipinski definition) is 2. The number of hydrogen-bond acceptors (Lipinski definition) is 4. The number of halogens is 1. The van der Waals surface area contributed by atoms with E-state index in [9.17, 15) is 8.42 Å². The van der Waals surface area contributed by atoms with Crippen LogP contribution in [0.1, 0.15) is 10.4 Å². The SMILES string of the molecule is Cc1csc(CN)c1S(=O)(=O)Nc1ccc(Cl)cc1. The highest BCUT2D eigenvalue weighted by molar-refractivity contribution is 7.93. The molecule has 0 spiro atoms. The highest BCUT2D eigenvalue weighted by atomic mass is 35.5. The predicted molar refractivity (Wildman–Crippen MR) is 79.2 cm³/mol. The number of thiophene rings is 1. The Morgan fingerprint density at radius 1 is 1.32 bits per heavy atom. The first kappa shape index (κ1) is 14.3.